The van der Waals surface area contributed by atoms with E-state index in [4.69, 9.17) is 11.0 Å². The molecule has 0 aliphatic heterocycles. The Morgan fingerprint density at radius 2 is 1.90 bits per heavy atom. The standard InChI is InChI=1S/C17H25N3O/c1-17(2,3)9-15(11-19)16(21)20(4)12-14-7-5-13(10-18)6-8-14/h5-8,15H,9,11-12,19H2,1-4H3. The third-order valence-electron chi connectivity index (χ3n) is 3.37. The maximum absolute atomic E-state index is 12.5. The Hall–Kier alpha value is -1.86. The van der Waals surface area contributed by atoms with E-state index in [-0.39, 0.29) is 17.2 Å². The summed E-state index contributed by atoms with van der Waals surface area (Å²) in [4.78, 5) is 14.2. The first-order valence-electron chi connectivity index (χ1n) is 7.21. The van der Waals surface area contributed by atoms with Gasteiger partial charge in [0, 0.05) is 20.1 Å². The van der Waals surface area contributed by atoms with Crippen molar-refractivity contribution in [3.8, 4) is 6.07 Å². The highest BCUT2D eigenvalue weighted by Gasteiger charge is 2.26. The number of hydrogen-bond acceptors (Lipinski definition) is 3. The predicted octanol–water partition coefficient (Wildman–Crippen LogP) is 2.53. The van der Waals surface area contributed by atoms with E-state index in [1.807, 2.05) is 12.1 Å². The summed E-state index contributed by atoms with van der Waals surface area (Å²) in [5.41, 5.74) is 7.48. The number of rotatable bonds is 5. The second kappa shape index (κ2) is 7.24. The van der Waals surface area contributed by atoms with E-state index in [0.717, 1.165) is 12.0 Å². The molecule has 0 aliphatic rings. The lowest BCUT2D eigenvalue weighted by molar-refractivity contribution is -0.135. The molecule has 0 spiro atoms. The number of amides is 1. The van der Waals surface area contributed by atoms with E-state index >= 15 is 0 Å². The summed E-state index contributed by atoms with van der Waals surface area (Å²) in [5.74, 6) is -0.0647. The van der Waals surface area contributed by atoms with E-state index in [0.29, 0.717) is 18.7 Å². The molecule has 2 N–H and O–H groups in total. The molecule has 0 saturated carbocycles. The predicted molar refractivity (Wildman–Crippen MR) is 84.2 cm³/mol. The zero-order chi connectivity index (χ0) is 16.0. The van der Waals surface area contributed by atoms with Crippen molar-refractivity contribution in [2.24, 2.45) is 17.1 Å². The molecule has 1 rings (SSSR count). The van der Waals surface area contributed by atoms with Crippen LogP contribution >= 0.6 is 0 Å². The second-order valence-corrected chi connectivity index (χ2v) is 6.70. The average Bonchev–Trinajstić information content (AvgIpc) is 2.43. The molecule has 1 unspecified atom stereocenters. The van der Waals surface area contributed by atoms with Gasteiger partial charge in [0.05, 0.1) is 17.6 Å². The number of carbonyl (C=O) groups excluding carboxylic acids is 1. The van der Waals surface area contributed by atoms with E-state index in [1.165, 1.54) is 0 Å². The molecule has 0 aliphatic carbocycles. The van der Waals surface area contributed by atoms with Gasteiger partial charge in [0.15, 0.2) is 0 Å². The molecule has 0 bridgehead atoms. The van der Waals surface area contributed by atoms with Crippen molar-refractivity contribution in [1.29, 1.82) is 5.26 Å². The van der Waals surface area contributed by atoms with Gasteiger partial charge in [-0.25, -0.2) is 0 Å². The Morgan fingerprint density at radius 3 is 2.33 bits per heavy atom. The molecular weight excluding hydrogens is 262 g/mol. The molecule has 1 aromatic carbocycles. The maximum Gasteiger partial charge on any atom is 0.227 e. The number of nitrogens with two attached hydrogens (primary N) is 1. The molecule has 4 nitrogen and oxygen atoms in total. The topological polar surface area (TPSA) is 70.1 Å². The van der Waals surface area contributed by atoms with Crippen LogP contribution in [0.15, 0.2) is 24.3 Å². The van der Waals surface area contributed by atoms with E-state index in [2.05, 4.69) is 26.8 Å². The molecule has 0 saturated heterocycles. The Balaban J connectivity index is 2.70. The monoisotopic (exact) mass is 287 g/mol. The van der Waals surface area contributed by atoms with Crippen molar-refractivity contribution in [2.75, 3.05) is 13.6 Å². The highest BCUT2D eigenvalue weighted by Crippen LogP contribution is 2.25. The number of carbonyl (C=O) groups is 1. The number of nitrogens with zero attached hydrogens (tertiary/aromatic N) is 2. The van der Waals surface area contributed by atoms with Crippen LogP contribution in [-0.4, -0.2) is 24.4 Å². The largest absolute Gasteiger partial charge is 0.341 e. The van der Waals surface area contributed by atoms with Crippen LogP contribution in [-0.2, 0) is 11.3 Å². The van der Waals surface area contributed by atoms with Crippen LogP contribution in [0, 0.1) is 22.7 Å². The lowest BCUT2D eigenvalue weighted by atomic mass is 9.84. The lowest BCUT2D eigenvalue weighted by Crippen LogP contribution is -2.38. The minimum Gasteiger partial charge on any atom is -0.341 e. The summed E-state index contributed by atoms with van der Waals surface area (Å²) in [6, 6.07) is 9.38. The summed E-state index contributed by atoms with van der Waals surface area (Å²) in [5, 5.41) is 8.78. The average molecular weight is 287 g/mol. The van der Waals surface area contributed by atoms with Crippen LogP contribution in [0.1, 0.15) is 38.3 Å². The summed E-state index contributed by atoms with van der Waals surface area (Å²) >= 11 is 0. The first-order valence-corrected chi connectivity index (χ1v) is 7.21. The molecule has 1 amide bonds. The molecule has 1 aromatic rings. The third-order valence-corrected chi connectivity index (χ3v) is 3.37. The highest BCUT2D eigenvalue weighted by atomic mass is 16.2. The fourth-order valence-corrected chi connectivity index (χ4v) is 2.36. The van der Waals surface area contributed by atoms with Crippen LogP contribution < -0.4 is 5.73 Å². The van der Waals surface area contributed by atoms with Gasteiger partial charge in [-0.15, -0.1) is 0 Å². The SMILES string of the molecule is CN(Cc1ccc(C#N)cc1)C(=O)C(CN)CC(C)(C)C. The molecule has 21 heavy (non-hydrogen) atoms. The number of hydrogen-bond donors (Lipinski definition) is 1. The van der Waals surface area contributed by atoms with Crippen LogP contribution in [0.2, 0.25) is 0 Å². The smallest absolute Gasteiger partial charge is 0.227 e. The number of nitriles is 1. The molecule has 0 radical (unpaired) electrons. The van der Waals surface area contributed by atoms with Gasteiger partial charge < -0.3 is 10.6 Å². The van der Waals surface area contributed by atoms with Crippen molar-refractivity contribution in [3.63, 3.8) is 0 Å². The van der Waals surface area contributed by atoms with Gasteiger partial charge >= 0.3 is 0 Å². The molecule has 114 valence electrons. The fraction of sp³-hybridized carbons (Fsp3) is 0.529. The normalized spacial score (nSPS) is 12.6. The van der Waals surface area contributed by atoms with Crippen LogP contribution in [0.5, 0.6) is 0 Å². The molecule has 0 aromatic heterocycles. The first kappa shape index (κ1) is 17.2. The van der Waals surface area contributed by atoms with Gasteiger partial charge in [-0.3, -0.25) is 4.79 Å². The van der Waals surface area contributed by atoms with Gasteiger partial charge in [-0.2, -0.15) is 5.26 Å². The van der Waals surface area contributed by atoms with Gasteiger partial charge in [-0.1, -0.05) is 32.9 Å². The van der Waals surface area contributed by atoms with Crippen molar-refractivity contribution >= 4 is 5.91 Å². The third kappa shape index (κ3) is 5.57. The number of benzene rings is 1. The molecule has 4 heteroatoms. The molecular formula is C17H25N3O. The van der Waals surface area contributed by atoms with E-state index in [1.54, 1.807) is 24.1 Å². The zero-order valence-electron chi connectivity index (χ0n) is 13.4. The van der Waals surface area contributed by atoms with Crippen LogP contribution in [0.25, 0.3) is 0 Å². The molecule has 0 heterocycles. The maximum atomic E-state index is 12.5. The Morgan fingerprint density at radius 1 is 1.33 bits per heavy atom. The Kier molecular flexibility index (Phi) is 5.92. The van der Waals surface area contributed by atoms with Gasteiger partial charge in [0.2, 0.25) is 5.91 Å². The Bertz CT molecular complexity index is 508. The minimum absolute atomic E-state index is 0.0784. The van der Waals surface area contributed by atoms with Gasteiger partial charge in [0.25, 0.3) is 0 Å². The quantitative estimate of drug-likeness (QED) is 0.904. The van der Waals surface area contributed by atoms with E-state index in [9.17, 15) is 4.79 Å². The van der Waals surface area contributed by atoms with Crippen molar-refractivity contribution in [2.45, 2.75) is 33.7 Å². The zero-order valence-corrected chi connectivity index (χ0v) is 13.4. The molecule has 1 atom stereocenters. The summed E-state index contributed by atoms with van der Waals surface area (Å²) in [6.07, 6.45) is 0.778. The van der Waals surface area contributed by atoms with Crippen LogP contribution in [0.3, 0.4) is 0 Å². The minimum atomic E-state index is -0.145. The van der Waals surface area contributed by atoms with Gasteiger partial charge in [0.1, 0.15) is 0 Å². The summed E-state index contributed by atoms with van der Waals surface area (Å²) < 4.78 is 0. The second-order valence-electron chi connectivity index (χ2n) is 6.70. The first-order chi connectivity index (χ1) is 9.76. The fourth-order valence-electron chi connectivity index (χ4n) is 2.36. The summed E-state index contributed by atoms with van der Waals surface area (Å²) in [7, 11) is 1.80. The van der Waals surface area contributed by atoms with Crippen molar-refractivity contribution < 1.29 is 4.79 Å². The Labute approximate surface area is 127 Å². The van der Waals surface area contributed by atoms with Gasteiger partial charge in [-0.05, 0) is 29.5 Å². The molecule has 0 fully saturated rings. The highest BCUT2D eigenvalue weighted by molar-refractivity contribution is 5.78. The van der Waals surface area contributed by atoms with E-state index < -0.39 is 0 Å². The summed E-state index contributed by atoms with van der Waals surface area (Å²) in [6.45, 7) is 7.25. The van der Waals surface area contributed by atoms with Crippen LogP contribution in [0.4, 0.5) is 0 Å². The van der Waals surface area contributed by atoms with Crippen molar-refractivity contribution in [1.82, 2.24) is 4.90 Å². The lowest BCUT2D eigenvalue weighted by Gasteiger charge is -2.28. The van der Waals surface area contributed by atoms with Crippen molar-refractivity contribution in [3.05, 3.63) is 35.4 Å².